The zero-order valence-corrected chi connectivity index (χ0v) is 13.5. The van der Waals surface area contributed by atoms with E-state index in [1.807, 2.05) is 0 Å². The SMILES string of the molecule is O=S(=O)(NC1CCCCN1CC1CC1)c1ccc(Cl)cc1. The third kappa shape index (κ3) is 3.97. The Hall–Kier alpha value is -0.620. The molecule has 21 heavy (non-hydrogen) atoms. The van der Waals surface area contributed by atoms with E-state index in [-0.39, 0.29) is 11.1 Å². The first-order chi connectivity index (χ1) is 10.0. The minimum absolute atomic E-state index is 0.0694. The summed E-state index contributed by atoms with van der Waals surface area (Å²) in [6.45, 7) is 2.01. The first kappa shape index (κ1) is 15.3. The highest BCUT2D eigenvalue weighted by Gasteiger charge is 2.32. The van der Waals surface area contributed by atoms with Crippen LogP contribution in [0.15, 0.2) is 29.2 Å². The predicted molar refractivity (Wildman–Crippen MR) is 83.7 cm³/mol. The number of benzene rings is 1. The van der Waals surface area contributed by atoms with Gasteiger partial charge in [-0.25, -0.2) is 8.42 Å². The summed E-state index contributed by atoms with van der Waals surface area (Å²) in [5, 5.41) is 0.543. The molecular formula is C15H21ClN2O2S. The summed E-state index contributed by atoms with van der Waals surface area (Å²) >= 11 is 5.82. The third-order valence-electron chi connectivity index (χ3n) is 4.22. The maximum Gasteiger partial charge on any atom is 0.241 e. The van der Waals surface area contributed by atoms with E-state index in [2.05, 4.69) is 9.62 Å². The second-order valence-corrected chi connectivity index (χ2v) is 8.18. The van der Waals surface area contributed by atoms with E-state index in [4.69, 9.17) is 11.6 Å². The number of nitrogens with one attached hydrogen (secondary N) is 1. The van der Waals surface area contributed by atoms with Crippen molar-refractivity contribution in [2.45, 2.75) is 43.2 Å². The molecule has 1 saturated heterocycles. The van der Waals surface area contributed by atoms with Crippen molar-refractivity contribution < 1.29 is 8.42 Å². The molecule has 1 saturated carbocycles. The van der Waals surface area contributed by atoms with Gasteiger partial charge in [-0.05, 0) is 68.8 Å². The minimum Gasteiger partial charge on any atom is -0.287 e. The van der Waals surface area contributed by atoms with Gasteiger partial charge in [0.2, 0.25) is 10.0 Å². The Kier molecular flexibility index (Phi) is 4.54. The standard InChI is InChI=1S/C15H21ClN2O2S/c16-13-6-8-14(9-7-13)21(19,20)17-15-3-1-2-10-18(15)11-12-4-5-12/h6-9,12,15,17H,1-5,10-11H2. The summed E-state index contributed by atoms with van der Waals surface area (Å²) in [6, 6.07) is 6.33. The van der Waals surface area contributed by atoms with Crippen LogP contribution in [-0.2, 0) is 10.0 Å². The molecule has 3 rings (SSSR count). The second kappa shape index (κ2) is 6.24. The molecule has 0 radical (unpaired) electrons. The molecule has 0 spiro atoms. The molecule has 6 heteroatoms. The van der Waals surface area contributed by atoms with E-state index in [1.165, 1.54) is 12.8 Å². The van der Waals surface area contributed by atoms with Gasteiger partial charge in [0, 0.05) is 11.6 Å². The smallest absolute Gasteiger partial charge is 0.241 e. The monoisotopic (exact) mass is 328 g/mol. The van der Waals surface area contributed by atoms with E-state index >= 15 is 0 Å². The number of halogens is 1. The lowest BCUT2D eigenvalue weighted by molar-refractivity contribution is 0.133. The quantitative estimate of drug-likeness (QED) is 0.904. The number of hydrogen-bond donors (Lipinski definition) is 1. The summed E-state index contributed by atoms with van der Waals surface area (Å²) in [5.41, 5.74) is 0. The lowest BCUT2D eigenvalue weighted by Gasteiger charge is -2.36. The second-order valence-electron chi connectivity index (χ2n) is 6.03. The maximum atomic E-state index is 12.5. The van der Waals surface area contributed by atoms with Crippen LogP contribution >= 0.6 is 11.6 Å². The summed E-state index contributed by atoms with van der Waals surface area (Å²) < 4.78 is 27.8. The minimum atomic E-state index is -3.48. The Morgan fingerprint density at radius 1 is 1.14 bits per heavy atom. The van der Waals surface area contributed by atoms with Gasteiger partial charge < -0.3 is 0 Å². The molecule has 4 nitrogen and oxygen atoms in total. The van der Waals surface area contributed by atoms with Gasteiger partial charge in [-0.2, -0.15) is 4.72 Å². The summed E-state index contributed by atoms with van der Waals surface area (Å²) in [5.74, 6) is 0.769. The molecule has 2 fully saturated rings. The van der Waals surface area contributed by atoms with E-state index in [9.17, 15) is 8.42 Å². The Bertz CT molecular complexity index is 584. The topological polar surface area (TPSA) is 49.4 Å². The molecule has 116 valence electrons. The van der Waals surface area contributed by atoms with Crippen LogP contribution in [0, 0.1) is 5.92 Å². The summed E-state index contributed by atoms with van der Waals surface area (Å²) in [7, 11) is -3.48. The van der Waals surface area contributed by atoms with E-state index in [0.717, 1.165) is 38.3 Å². The Balaban J connectivity index is 1.71. The molecule has 1 atom stereocenters. The molecule has 1 aromatic carbocycles. The molecule has 1 aliphatic carbocycles. The number of piperidine rings is 1. The fourth-order valence-electron chi connectivity index (χ4n) is 2.84. The van der Waals surface area contributed by atoms with Gasteiger partial charge in [-0.3, -0.25) is 4.90 Å². The van der Waals surface area contributed by atoms with Crippen molar-refractivity contribution in [2.75, 3.05) is 13.1 Å². The Labute approximate surface area is 131 Å². The van der Waals surface area contributed by atoms with Crippen molar-refractivity contribution >= 4 is 21.6 Å². The third-order valence-corrected chi connectivity index (χ3v) is 5.95. The first-order valence-electron chi connectivity index (χ1n) is 7.56. The van der Waals surface area contributed by atoms with E-state index < -0.39 is 10.0 Å². The Morgan fingerprint density at radius 2 is 1.86 bits per heavy atom. The molecule has 0 bridgehead atoms. The van der Waals surface area contributed by atoms with Crippen LogP contribution in [-0.4, -0.2) is 32.6 Å². The average molecular weight is 329 g/mol. The van der Waals surface area contributed by atoms with Crippen LogP contribution in [0.25, 0.3) is 0 Å². The van der Waals surface area contributed by atoms with Gasteiger partial charge >= 0.3 is 0 Å². The van der Waals surface area contributed by atoms with Crippen LogP contribution in [0.1, 0.15) is 32.1 Å². The van der Waals surface area contributed by atoms with Crippen molar-refractivity contribution in [1.29, 1.82) is 0 Å². The van der Waals surface area contributed by atoms with Crippen LogP contribution in [0.5, 0.6) is 0 Å². The maximum absolute atomic E-state index is 12.5. The fraction of sp³-hybridized carbons (Fsp3) is 0.600. The van der Waals surface area contributed by atoms with Gasteiger partial charge in [0.05, 0.1) is 11.1 Å². The molecule has 1 heterocycles. The van der Waals surface area contributed by atoms with Crippen molar-refractivity contribution in [2.24, 2.45) is 5.92 Å². The molecular weight excluding hydrogens is 308 g/mol. The lowest BCUT2D eigenvalue weighted by atomic mass is 10.1. The van der Waals surface area contributed by atoms with Crippen molar-refractivity contribution in [3.63, 3.8) is 0 Å². The molecule has 2 aliphatic rings. The number of rotatable bonds is 5. The number of sulfonamides is 1. The number of hydrogen-bond acceptors (Lipinski definition) is 3. The zero-order valence-electron chi connectivity index (χ0n) is 12.0. The van der Waals surface area contributed by atoms with Crippen molar-refractivity contribution in [3.8, 4) is 0 Å². The number of likely N-dealkylation sites (tertiary alicyclic amines) is 1. The average Bonchev–Trinajstić information content (AvgIpc) is 3.25. The Morgan fingerprint density at radius 3 is 2.52 bits per heavy atom. The van der Waals surface area contributed by atoms with E-state index in [1.54, 1.807) is 24.3 Å². The molecule has 0 amide bonds. The normalized spacial score (nSPS) is 24.1. The summed E-state index contributed by atoms with van der Waals surface area (Å²) in [4.78, 5) is 2.58. The molecule has 0 aromatic heterocycles. The van der Waals surface area contributed by atoms with Crippen LogP contribution < -0.4 is 4.72 Å². The highest BCUT2D eigenvalue weighted by Crippen LogP contribution is 2.31. The number of nitrogens with zero attached hydrogens (tertiary/aromatic N) is 1. The lowest BCUT2D eigenvalue weighted by Crippen LogP contribution is -2.51. The molecule has 1 unspecified atom stereocenters. The summed E-state index contributed by atoms with van der Waals surface area (Å²) in [6.07, 6.45) is 5.63. The largest absolute Gasteiger partial charge is 0.287 e. The predicted octanol–water partition coefficient (Wildman–Crippen LogP) is 2.84. The van der Waals surface area contributed by atoms with Crippen molar-refractivity contribution in [3.05, 3.63) is 29.3 Å². The van der Waals surface area contributed by atoms with Crippen LogP contribution in [0.2, 0.25) is 5.02 Å². The van der Waals surface area contributed by atoms with Gasteiger partial charge in [0.1, 0.15) is 0 Å². The molecule has 1 N–H and O–H groups in total. The molecule has 1 aliphatic heterocycles. The van der Waals surface area contributed by atoms with Gasteiger partial charge in [0.25, 0.3) is 0 Å². The zero-order chi connectivity index (χ0) is 14.9. The highest BCUT2D eigenvalue weighted by molar-refractivity contribution is 7.89. The first-order valence-corrected chi connectivity index (χ1v) is 9.43. The van der Waals surface area contributed by atoms with Gasteiger partial charge in [-0.1, -0.05) is 11.6 Å². The van der Waals surface area contributed by atoms with Gasteiger partial charge in [-0.15, -0.1) is 0 Å². The fourth-order valence-corrected chi connectivity index (χ4v) is 4.22. The highest BCUT2D eigenvalue weighted by atomic mass is 35.5. The van der Waals surface area contributed by atoms with Crippen LogP contribution in [0.4, 0.5) is 0 Å². The van der Waals surface area contributed by atoms with Gasteiger partial charge in [0.15, 0.2) is 0 Å². The van der Waals surface area contributed by atoms with Crippen molar-refractivity contribution in [1.82, 2.24) is 9.62 Å². The van der Waals surface area contributed by atoms with E-state index in [0.29, 0.717) is 5.02 Å². The van der Waals surface area contributed by atoms with Crippen LogP contribution in [0.3, 0.4) is 0 Å². The molecule has 1 aromatic rings.